The monoisotopic (exact) mass is 291 g/mol. The van der Waals surface area contributed by atoms with Crippen LogP contribution in [0.1, 0.15) is 31.0 Å². The third-order valence-corrected chi connectivity index (χ3v) is 3.32. The molecule has 0 aliphatic carbocycles. The van der Waals surface area contributed by atoms with Gasteiger partial charge in [-0.15, -0.1) is 0 Å². The van der Waals surface area contributed by atoms with Gasteiger partial charge in [0.25, 0.3) is 0 Å². The predicted octanol–water partition coefficient (Wildman–Crippen LogP) is 4.74. The first-order valence-electron chi connectivity index (χ1n) is 6.98. The van der Waals surface area contributed by atoms with E-state index in [0.717, 1.165) is 12.1 Å². The molecular weight excluding hydrogens is 272 g/mol. The minimum atomic E-state index is -0.430. The number of para-hydroxylation sites is 1. The van der Waals surface area contributed by atoms with E-state index < -0.39 is 5.82 Å². The Morgan fingerprint density at radius 3 is 2.62 bits per heavy atom. The van der Waals surface area contributed by atoms with Gasteiger partial charge in [0.15, 0.2) is 11.6 Å². The smallest absolute Gasteiger partial charge is 0.167 e. The van der Waals surface area contributed by atoms with E-state index in [1.165, 1.54) is 24.3 Å². The molecule has 1 N–H and O–H groups in total. The number of benzene rings is 2. The van der Waals surface area contributed by atoms with Gasteiger partial charge in [-0.1, -0.05) is 19.1 Å². The van der Waals surface area contributed by atoms with Crippen LogP contribution in [-0.2, 0) is 0 Å². The Hall–Kier alpha value is -1.94. The zero-order valence-electron chi connectivity index (χ0n) is 12.4. The number of ether oxygens (including phenoxy) is 1. The lowest BCUT2D eigenvalue weighted by Crippen LogP contribution is -2.18. The van der Waals surface area contributed by atoms with Gasteiger partial charge >= 0.3 is 0 Å². The molecule has 2 aromatic carbocycles. The van der Waals surface area contributed by atoms with Gasteiger partial charge in [-0.3, -0.25) is 0 Å². The highest BCUT2D eigenvalue weighted by molar-refractivity contribution is 5.43. The maximum Gasteiger partial charge on any atom is 0.167 e. The molecule has 0 spiro atoms. The van der Waals surface area contributed by atoms with Crippen molar-refractivity contribution < 1.29 is 13.5 Å². The van der Waals surface area contributed by atoms with Gasteiger partial charge in [0.05, 0.1) is 0 Å². The minimum absolute atomic E-state index is 0.0403. The van der Waals surface area contributed by atoms with Gasteiger partial charge in [-0.05, 0) is 50.2 Å². The summed E-state index contributed by atoms with van der Waals surface area (Å²) in [5, 5.41) is 3.23. The molecule has 4 heteroatoms. The summed E-state index contributed by atoms with van der Waals surface area (Å²) in [7, 11) is 0. The molecule has 0 amide bonds. The number of hydrogen-bond donors (Lipinski definition) is 1. The second-order valence-corrected chi connectivity index (χ2v) is 4.95. The summed E-state index contributed by atoms with van der Waals surface area (Å²) in [6.45, 7) is 6.43. The summed E-state index contributed by atoms with van der Waals surface area (Å²) >= 11 is 0. The molecule has 0 radical (unpaired) electrons. The van der Waals surface area contributed by atoms with E-state index in [9.17, 15) is 8.78 Å². The van der Waals surface area contributed by atoms with E-state index in [4.69, 9.17) is 4.74 Å². The molecule has 112 valence electrons. The zero-order valence-corrected chi connectivity index (χ0v) is 12.4. The lowest BCUT2D eigenvalue weighted by Gasteiger charge is -2.18. The Kier molecular flexibility index (Phi) is 4.91. The number of nitrogens with one attached hydrogen (secondary N) is 1. The van der Waals surface area contributed by atoms with Crippen LogP contribution in [0.4, 0.5) is 8.78 Å². The quantitative estimate of drug-likeness (QED) is 0.859. The van der Waals surface area contributed by atoms with Crippen LogP contribution < -0.4 is 10.1 Å². The van der Waals surface area contributed by atoms with E-state index in [1.807, 2.05) is 19.9 Å². The molecule has 1 atom stereocenters. The summed E-state index contributed by atoms with van der Waals surface area (Å²) in [6, 6.07) is 8.98. The normalized spacial score (nSPS) is 12.2. The van der Waals surface area contributed by atoms with Gasteiger partial charge in [0, 0.05) is 11.6 Å². The van der Waals surface area contributed by atoms with Crippen LogP contribution in [0.25, 0.3) is 0 Å². The lowest BCUT2D eigenvalue weighted by molar-refractivity contribution is 0.423. The predicted molar refractivity (Wildman–Crippen MR) is 79.7 cm³/mol. The van der Waals surface area contributed by atoms with Crippen molar-refractivity contribution in [2.24, 2.45) is 0 Å². The summed E-state index contributed by atoms with van der Waals surface area (Å²) in [5.41, 5.74) is 1.36. The van der Waals surface area contributed by atoms with Gasteiger partial charge in [0.1, 0.15) is 11.6 Å². The standard InChI is InChI=1S/C17H19F2NO/c1-4-20-12(3)14-6-5-7-15(19)17(14)21-16-9-8-13(18)10-11(16)2/h5-10,12,20H,4H2,1-3H3. The fraction of sp³-hybridized carbons (Fsp3) is 0.294. The van der Waals surface area contributed by atoms with Crippen LogP contribution in [0.3, 0.4) is 0 Å². The van der Waals surface area contributed by atoms with Gasteiger partial charge < -0.3 is 10.1 Å². The van der Waals surface area contributed by atoms with E-state index in [2.05, 4.69) is 5.32 Å². The number of aryl methyl sites for hydroxylation is 1. The molecule has 2 aromatic rings. The van der Waals surface area contributed by atoms with Crippen molar-refractivity contribution in [3.63, 3.8) is 0 Å². The number of halogens is 2. The van der Waals surface area contributed by atoms with Crippen molar-refractivity contribution in [1.82, 2.24) is 5.32 Å². The fourth-order valence-corrected chi connectivity index (χ4v) is 2.23. The first kappa shape index (κ1) is 15.4. The van der Waals surface area contributed by atoms with E-state index >= 15 is 0 Å². The van der Waals surface area contributed by atoms with Gasteiger partial charge in [-0.2, -0.15) is 0 Å². The van der Waals surface area contributed by atoms with Crippen LogP contribution in [0.2, 0.25) is 0 Å². The van der Waals surface area contributed by atoms with Crippen molar-refractivity contribution in [2.45, 2.75) is 26.8 Å². The Balaban J connectivity index is 2.38. The first-order chi connectivity index (χ1) is 10.0. The molecule has 2 rings (SSSR count). The summed E-state index contributed by atoms with van der Waals surface area (Å²) in [5.74, 6) is -0.136. The second-order valence-electron chi connectivity index (χ2n) is 4.95. The van der Waals surface area contributed by atoms with Crippen molar-refractivity contribution >= 4 is 0 Å². The fourth-order valence-electron chi connectivity index (χ4n) is 2.23. The molecule has 0 aromatic heterocycles. The highest BCUT2D eigenvalue weighted by Crippen LogP contribution is 2.33. The average Bonchev–Trinajstić information content (AvgIpc) is 2.43. The van der Waals surface area contributed by atoms with E-state index in [0.29, 0.717) is 11.3 Å². The maximum atomic E-state index is 14.1. The Morgan fingerprint density at radius 1 is 1.19 bits per heavy atom. The molecule has 0 fully saturated rings. The minimum Gasteiger partial charge on any atom is -0.454 e. The maximum absolute atomic E-state index is 14.1. The van der Waals surface area contributed by atoms with Crippen LogP contribution >= 0.6 is 0 Å². The van der Waals surface area contributed by atoms with E-state index in [1.54, 1.807) is 13.0 Å². The topological polar surface area (TPSA) is 21.3 Å². The van der Waals surface area contributed by atoms with Gasteiger partial charge in [-0.25, -0.2) is 8.78 Å². The van der Waals surface area contributed by atoms with Crippen LogP contribution in [0, 0.1) is 18.6 Å². The Labute approximate surface area is 123 Å². The molecule has 1 unspecified atom stereocenters. The Morgan fingerprint density at radius 2 is 1.95 bits per heavy atom. The number of rotatable bonds is 5. The molecule has 0 bridgehead atoms. The molecule has 0 saturated heterocycles. The largest absolute Gasteiger partial charge is 0.454 e. The number of hydrogen-bond acceptors (Lipinski definition) is 2. The van der Waals surface area contributed by atoms with Crippen molar-refractivity contribution in [2.75, 3.05) is 6.54 Å². The third kappa shape index (κ3) is 3.58. The molecule has 0 aliphatic heterocycles. The molecule has 0 saturated carbocycles. The van der Waals surface area contributed by atoms with Crippen LogP contribution in [-0.4, -0.2) is 6.54 Å². The summed E-state index contributed by atoms with van der Waals surface area (Å²) in [6.07, 6.45) is 0. The highest BCUT2D eigenvalue weighted by atomic mass is 19.1. The van der Waals surface area contributed by atoms with Crippen LogP contribution in [0.5, 0.6) is 11.5 Å². The van der Waals surface area contributed by atoms with E-state index in [-0.39, 0.29) is 17.6 Å². The molecule has 0 heterocycles. The molecule has 0 aliphatic rings. The molecule has 2 nitrogen and oxygen atoms in total. The summed E-state index contributed by atoms with van der Waals surface area (Å²) < 4.78 is 33.0. The Bertz CT molecular complexity index is 628. The lowest BCUT2D eigenvalue weighted by atomic mass is 10.1. The van der Waals surface area contributed by atoms with Crippen molar-refractivity contribution in [3.05, 3.63) is 59.2 Å². The average molecular weight is 291 g/mol. The third-order valence-electron chi connectivity index (χ3n) is 3.32. The second kappa shape index (κ2) is 6.68. The van der Waals surface area contributed by atoms with Crippen molar-refractivity contribution in [1.29, 1.82) is 0 Å². The van der Waals surface area contributed by atoms with Gasteiger partial charge in [0.2, 0.25) is 0 Å². The van der Waals surface area contributed by atoms with Crippen molar-refractivity contribution in [3.8, 4) is 11.5 Å². The summed E-state index contributed by atoms with van der Waals surface area (Å²) in [4.78, 5) is 0. The van der Waals surface area contributed by atoms with Crippen LogP contribution in [0.15, 0.2) is 36.4 Å². The first-order valence-corrected chi connectivity index (χ1v) is 6.98. The SMILES string of the molecule is CCNC(C)c1cccc(F)c1Oc1ccc(F)cc1C. The zero-order chi connectivity index (χ0) is 15.4. The molecular formula is C17H19F2NO. The molecule has 21 heavy (non-hydrogen) atoms. The highest BCUT2D eigenvalue weighted by Gasteiger charge is 2.16.